The summed E-state index contributed by atoms with van der Waals surface area (Å²) in [4.78, 5) is 33.2. The molecule has 0 aromatic heterocycles. The number of halogens is 1. The van der Waals surface area contributed by atoms with Crippen molar-refractivity contribution >= 4 is 34.9 Å². The van der Waals surface area contributed by atoms with Crippen molar-refractivity contribution < 1.29 is 19.2 Å². The molecule has 1 aliphatic rings. The number of nitro groups is 1. The highest BCUT2D eigenvalue weighted by Crippen LogP contribution is 2.38. The van der Waals surface area contributed by atoms with Crippen molar-refractivity contribution in [2.75, 3.05) is 11.9 Å². The van der Waals surface area contributed by atoms with Crippen molar-refractivity contribution in [2.24, 2.45) is 11.8 Å². The number of ether oxygens (including phenoxy) is 1. The van der Waals surface area contributed by atoms with E-state index in [0.717, 1.165) is 12.5 Å². The molecule has 1 aliphatic carbocycles. The number of nitrogens with one attached hydrogen (secondary N) is 1. The highest BCUT2D eigenvalue weighted by atomic mass is 35.5. The molecule has 1 aromatic carbocycles. The number of nitro benzene ring substituents is 1. The Balaban J connectivity index is 1.91. The van der Waals surface area contributed by atoms with Crippen molar-refractivity contribution in [3.8, 4) is 0 Å². The van der Waals surface area contributed by atoms with Gasteiger partial charge in [0, 0.05) is 12.1 Å². The molecule has 2 rings (SSSR count). The lowest BCUT2D eigenvalue weighted by atomic mass is 10.3. The molecule has 2 unspecified atom stereocenters. The number of carbonyl (C=O) groups is 2. The van der Waals surface area contributed by atoms with E-state index in [2.05, 4.69) is 5.32 Å². The Bertz CT molecular complexity index is 604. The quantitative estimate of drug-likeness (QED) is 0.511. The maximum absolute atomic E-state index is 11.7. The summed E-state index contributed by atoms with van der Waals surface area (Å²) in [6.07, 6.45) is 0.775. The van der Waals surface area contributed by atoms with Crippen molar-refractivity contribution in [3.05, 3.63) is 33.3 Å². The van der Waals surface area contributed by atoms with Gasteiger partial charge >= 0.3 is 5.97 Å². The summed E-state index contributed by atoms with van der Waals surface area (Å²) < 4.78 is 4.86. The van der Waals surface area contributed by atoms with Crippen LogP contribution >= 0.6 is 11.6 Å². The first-order chi connectivity index (χ1) is 9.88. The minimum absolute atomic E-state index is 0.103. The van der Waals surface area contributed by atoms with E-state index in [4.69, 9.17) is 16.3 Å². The molecule has 1 saturated carbocycles. The van der Waals surface area contributed by atoms with E-state index in [9.17, 15) is 19.7 Å². The van der Waals surface area contributed by atoms with Gasteiger partial charge in [0.15, 0.2) is 6.61 Å². The van der Waals surface area contributed by atoms with Crippen molar-refractivity contribution in [1.29, 1.82) is 0 Å². The summed E-state index contributed by atoms with van der Waals surface area (Å²) in [5, 5.41) is 13.2. The minimum atomic E-state index is -0.598. The van der Waals surface area contributed by atoms with Gasteiger partial charge in [-0.2, -0.15) is 0 Å². The van der Waals surface area contributed by atoms with E-state index in [0.29, 0.717) is 5.92 Å². The Morgan fingerprint density at radius 2 is 2.19 bits per heavy atom. The molecular formula is C13H13ClN2O5. The smallest absolute Gasteiger partial charge is 0.309 e. The predicted molar refractivity (Wildman–Crippen MR) is 75.0 cm³/mol. The third-order valence-electron chi connectivity index (χ3n) is 3.19. The summed E-state index contributed by atoms with van der Waals surface area (Å²) in [6.45, 7) is 1.48. The summed E-state index contributed by atoms with van der Waals surface area (Å²) in [7, 11) is 0. The second-order valence-corrected chi connectivity index (χ2v) is 5.30. The van der Waals surface area contributed by atoms with Crippen LogP contribution in [-0.2, 0) is 14.3 Å². The second kappa shape index (κ2) is 6.09. The highest BCUT2D eigenvalue weighted by Gasteiger charge is 2.40. The average molecular weight is 313 g/mol. The number of hydrogen-bond donors (Lipinski definition) is 1. The maximum Gasteiger partial charge on any atom is 0.309 e. The van der Waals surface area contributed by atoms with E-state index in [-0.39, 0.29) is 22.3 Å². The molecule has 7 nitrogen and oxygen atoms in total. The van der Waals surface area contributed by atoms with E-state index in [1.807, 2.05) is 6.92 Å². The zero-order valence-corrected chi connectivity index (χ0v) is 11.9. The lowest BCUT2D eigenvalue weighted by Crippen LogP contribution is -2.22. The summed E-state index contributed by atoms with van der Waals surface area (Å²) in [5.74, 6) is -0.826. The van der Waals surface area contributed by atoms with Gasteiger partial charge in [0.05, 0.1) is 21.6 Å². The Kier molecular flexibility index (Phi) is 4.42. The lowest BCUT2D eigenvalue weighted by Gasteiger charge is -2.07. The highest BCUT2D eigenvalue weighted by molar-refractivity contribution is 6.33. The van der Waals surface area contributed by atoms with Crippen molar-refractivity contribution in [2.45, 2.75) is 13.3 Å². The van der Waals surface area contributed by atoms with Crippen LogP contribution in [0.4, 0.5) is 11.4 Å². The number of rotatable bonds is 5. The zero-order chi connectivity index (χ0) is 15.6. The van der Waals surface area contributed by atoms with Gasteiger partial charge in [-0.05, 0) is 18.4 Å². The first kappa shape index (κ1) is 15.2. The maximum atomic E-state index is 11.7. The molecule has 1 N–H and O–H groups in total. The fourth-order valence-electron chi connectivity index (χ4n) is 1.80. The topological polar surface area (TPSA) is 98.5 Å². The second-order valence-electron chi connectivity index (χ2n) is 4.90. The number of anilines is 1. The van der Waals surface area contributed by atoms with Gasteiger partial charge in [-0.15, -0.1) is 0 Å². The normalized spacial score (nSPS) is 19.7. The van der Waals surface area contributed by atoms with E-state index in [1.54, 1.807) is 0 Å². The van der Waals surface area contributed by atoms with Crippen molar-refractivity contribution in [3.63, 3.8) is 0 Å². The average Bonchev–Trinajstić information content (AvgIpc) is 3.15. The van der Waals surface area contributed by atoms with E-state index >= 15 is 0 Å². The number of esters is 1. The largest absolute Gasteiger partial charge is 0.455 e. The molecule has 0 spiro atoms. The number of nitrogens with zero attached hydrogens (tertiary/aromatic N) is 1. The Morgan fingerprint density at radius 1 is 1.52 bits per heavy atom. The molecular weight excluding hydrogens is 300 g/mol. The molecule has 1 aromatic rings. The van der Waals surface area contributed by atoms with Crippen LogP contribution < -0.4 is 5.32 Å². The van der Waals surface area contributed by atoms with Crippen LogP contribution in [-0.4, -0.2) is 23.4 Å². The first-order valence-electron chi connectivity index (χ1n) is 6.29. The van der Waals surface area contributed by atoms with Gasteiger partial charge in [0.1, 0.15) is 0 Å². The molecule has 0 heterocycles. The summed E-state index contributed by atoms with van der Waals surface area (Å²) in [5.41, 5.74) is -0.0924. The lowest BCUT2D eigenvalue weighted by molar-refractivity contribution is -0.384. The van der Waals surface area contributed by atoms with Crippen LogP contribution in [0, 0.1) is 22.0 Å². The van der Waals surface area contributed by atoms with E-state index in [1.165, 1.54) is 12.1 Å². The Morgan fingerprint density at radius 3 is 2.76 bits per heavy atom. The molecule has 0 radical (unpaired) electrons. The fraction of sp³-hybridized carbons (Fsp3) is 0.385. The van der Waals surface area contributed by atoms with Gasteiger partial charge in [0.25, 0.3) is 11.6 Å². The number of non-ortho nitro benzene ring substituents is 1. The first-order valence-corrected chi connectivity index (χ1v) is 6.66. The van der Waals surface area contributed by atoms with Crippen LogP contribution in [0.2, 0.25) is 5.02 Å². The van der Waals surface area contributed by atoms with Gasteiger partial charge in [-0.1, -0.05) is 18.5 Å². The molecule has 0 aliphatic heterocycles. The number of carbonyl (C=O) groups excluding carboxylic acids is 2. The molecule has 1 fully saturated rings. The van der Waals surface area contributed by atoms with Crippen LogP contribution in [0.5, 0.6) is 0 Å². The molecule has 8 heteroatoms. The molecule has 21 heavy (non-hydrogen) atoms. The number of amides is 1. The molecule has 1 amide bonds. The zero-order valence-electron chi connectivity index (χ0n) is 11.2. The fourth-order valence-corrected chi connectivity index (χ4v) is 1.97. The monoisotopic (exact) mass is 312 g/mol. The third-order valence-corrected chi connectivity index (χ3v) is 3.52. The van der Waals surface area contributed by atoms with E-state index < -0.39 is 23.4 Å². The Labute approximate surface area is 125 Å². The Hall–Kier alpha value is -2.15. The summed E-state index contributed by atoms with van der Waals surface area (Å²) >= 11 is 5.84. The van der Waals surface area contributed by atoms with Gasteiger partial charge in [0.2, 0.25) is 0 Å². The molecule has 0 bridgehead atoms. The van der Waals surface area contributed by atoms with Crippen molar-refractivity contribution in [1.82, 2.24) is 0 Å². The SMILES string of the molecule is CC1CC1C(=O)OCC(=O)Nc1cc([N+](=O)[O-])ccc1Cl. The van der Waals surface area contributed by atoms with Crippen LogP contribution in [0.25, 0.3) is 0 Å². The third kappa shape index (κ3) is 3.91. The summed E-state index contributed by atoms with van der Waals surface area (Å²) in [6, 6.07) is 3.69. The van der Waals surface area contributed by atoms with Crippen LogP contribution in [0.15, 0.2) is 18.2 Å². The predicted octanol–water partition coefficient (Wildman–Crippen LogP) is 2.39. The van der Waals surface area contributed by atoms with Gasteiger partial charge < -0.3 is 10.1 Å². The van der Waals surface area contributed by atoms with Gasteiger partial charge in [-0.25, -0.2) is 0 Å². The number of benzene rings is 1. The number of hydrogen-bond acceptors (Lipinski definition) is 5. The van der Waals surface area contributed by atoms with Crippen LogP contribution in [0.3, 0.4) is 0 Å². The molecule has 112 valence electrons. The van der Waals surface area contributed by atoms with Crippen LogP contribution in [0.1, 0.15) is 13.3 Å². The molecule has 2 atom stereocenters. The van der Waals surface area contributed by atoms with Gasteiger partial charge in [-0.3, -0.25) is 19.7 Å². The molecule has 0 saturated heterocycles. The minimum Gasteiger partial charge on any atom is -0.455 e. The standard InChI is InChI=1S/C13H13ClN2O5/c1-7-4-9(7)13(18)21-6-12(17)15-11-5-8(16(19)20)2-3-10(11)14/h2-3,5,7,9H,4,6H2,1H3,(H,15,17).